The first-order valence-electron chi connectivity index (χ1n) is 7.46. The van der Waals surface area contributed by atoms with E-state index in [-0.39, 0.29) is 0 Å². The van der Waals surface area contributed by atoms with Crippen molar-refractivity contribution in [1.82, 2.24) is 5.32 Å². The van der Waals surface area contributed by atoms with Crippen molar-refractivity contribution < 1.29 is 0 Å². The summed E-state index contributed by atoms with van der Waals surface area (Å²) in [7, 11) is 2.07. The highest BCUT2D eigenvalue weighted by molar-refractivity contribution is 7.99. The normalized spacial score (nSPS) is 14.6. The van der Waals surface area contributed by atoms with Gasteiger partial charge in [-0.2, -0.15) is 11.8 Å². The van der Waals surface area contributed by atoms with Crippen LogP contribution in [-0.2, 0) is 6.42 Å². The van der Waals surface area contributed by atoms with Crippen molar-refractivity contribution in [3.8, 4) is 0 Å². The van der Waals surface area contributed by atoms with E-state index in [4.69, 9.17) is 0 Å². The molecular formula is C17H29NS. The lowest BCUT2D eigenvalue weighted by Gasteiger charge is -2.24. The minimum Gasteiger partial charge on any atom is -0.312 e. The quantitative estimate of drug-likeness (QED) is 0.741. The Bertz CT molecular complexity index is 345. The number of rotatable bonds is 8. The van der Waals surface area contributed by atoms with Crippen LogP contribution < -0.4 is 5.32 Å². The van der Waals surface area contributed by atoms with Crippen LogP contribution in [0.25, 0.3) is 0 Å². The average Bonchev–Trinajstić information content (AvgIpc) is 2.40. The Kier molecular flexibility index (Phi) is 7.55. The summed E-state index contributed by atoms with van der Waals surface area (Å²) in [5.41, 5.74) is 2.82. The molecule has 2 heteroatoms. The van der Waals surface area contributed by atoms with Crippen LogP contribution in [0.3, 0.4) is 0 Å². The van der Waals surface area contributed by atoms with Crippen molar-refractivity contribution in [1.29, 1.82) is 0 Å². The molecule has 0 fully saturated rings. The first-order chi connectivity index (χ1) is 9.08. The molecule has 0 saturated carbocycles. The van der Waals surface area contributed by atoms with Crippen molar-refractivity contribution in [2.75, 3.05) is 12.8 Å². The lowest BCUT2D eigenvalue weighted by molar-refractivity contribution is 0.585. The summed E-state index contributed by atoms with van der Waals surface area (Å²) in [6.45, 7) is 9.13. The first-order valence-corrected chi connectivity index (χ1v) is 8.51. The van der Waals surface area contributed by atoms with E-state index >= 15 is 0 Å². The topological polar surface area (TPSA) is 12.0 Å². The summed E-state index contributed by atoms with van der Waals surface area (Å²) in [5.74, 6) is 2.06. The van der Waals surface area contributed by atoms with Crippen molar-refractivity contribution in [3.05, 3.63) is 35.4 Å². The van der Waals surface area contributed by atoms with Crippen LogP contribution >= 0.6 is 11.8 Å². The van der Waals surface area contributed by atoms with Gasteiger partial charge in [0.05, 0.1) is 0 Å². The molecule has 0 radical (unpaired) electrons. The van der Waals surface area contributed by atoms with E-state index in [1.807, 2.05) is 0 Å². The second-order valence-corrected chi connectivity index (χ2v) is 7.11. The standard InChI is InChI=1S/C17H29NS/c1-6-15-7-9-16(10-8-15)17(18-5)14(4)19-12-11-13(2)3/h7-10,13-14,17-18H,6,11-12H2,1-5H3. The minimum atomic E-state index is 0.447. The highest BCUT2D eigenvalue weighted by Gasteiger charge is 2.17. The maximum atomic E-state index is 3.47. The van der Waals surface area contributed by atoms with Crippen LogP contribution in [0.5, 0.6) is 0 Å². The summed E-state index contributed by atoms with van der Waals surface area (Å²) in [6, 6.07) is 9.51. The molecule has 2 atom stereocenters. The lowest BCUT2D eigenvalue weighted by Crippen LogP contribution is -2.25. The van der Waals surface area contributed by atoms with Crippen molar-refractivity contribution >= 4 is 11.8 Å². The summed E-state index contributed by atoms with van der Waals surface area (Å²) >= 11 is 2.08. The number of hydrogen-bond acceptors (Lipinski definition) is 2. The molecule has 0 aromatic heterocycles. The molecule has 0 spiro atoms. The maximum Gasteiger partial charge on any atom is 0.0435 e. The predicted octanol–water partition coefficient (Wildman–Crippen LogP) is 4.68. The fourth-order valence-corrected chi connectivity index (χ4v) is 3.68. The molecule has 0 amide bonds. The van der Waals surface area contributed by atoms with Gasteiger partial charge >= 0.3 is 0 Å². The second-order valence-electron chi connectivity index (χ2n) is 5.62. The molecule has 19 heavy (non-hydrogen) atoms. The van der Waals surface area contributed by atoms with Gasteiger partial charge in [-0.3, -0.25) is 0 Å². The van der Waals surface area contributed by atoms with Gasteiger partial charge in [-0.05, 0) is 42.7 Å². The van der Waals surface area contributed by atoms with E-state index in [9.17, 15) is 0 Å². The van der Waals surface area contributed by atoms with E-state index in [1.165, 1.54) is 23.3 Å². The zero-order valence-corrected chi connectivity index (χ0v) is 13.9. The molecule has 108 valence electrons. The molecule has 1 nitrogen and oxygen atoms in total. The monoisotopic (exact) mass is 279 g/mol. The molecule has 1 N–H and O–H groups in total. The minimum absolute atomic E-state index is 0.447. The summed E-state index contributed by atoms with van der Waals surface area (Å²) < 4.78 is 0. The number of thioether (sulfide) groups is 1. The molecule has 0 saturated heterocycles. The van der Waals surface area contributed by atoms with Gasteiger partial charge in [-0.1, -0.05) is 52.0 Å². The van der Waals surface area contributed by atoms with Gasteiger partial charge in [0.15, 0.2) is 0 Å². The summed E-state index contributed by atoms with van der Waals surface area (Å²) in [6.07, 6.45) is 2.42. The average molecular weight is 279 g/mol. The largest absolute Gasteiger partial charge is 0.312 e. The van der Waals surface area contributed by atoms with Gasteiger partial charge in [-0.25, -0.2) is 0 Å². The molecular weight excluding hydrogens is 250 g/mol. The van der Waals surface area contributed by atoms with E-state index < -0.39 is 0 Å². The molecule has 1 rings (SSSR count). The smallest absolute Gasteiger partial charge is 0.0435 e. The molecule has 0 aliphatic carbocycles. The zero-order valence-electron chi connectivity index (χ0n) is 13.1. The Morgan fingerprint density at radius 3 is 2.21 bits per heavy atom. The number of benzene rings is 1. The second kappa shape index (κ2) is 8.65. The van der Waals surface area contributed by atoms with Crippen molar-refractivity contribution in [2.24, 2.45) is 5.92 Å². The molecule has 0 aliphatic rings. The fourth-order valence-electron chi connectivity index (χ4n) is 2.22. The SMILES string of the molecule is CCc1ccc(C(NC)C(C)SCCC(C)C)cc1. The van der Waals surface area contributed by atoms with Gasteiger partial charge in [0.2, 0.25) is 0 Å². The molecule has 1 aromatic carbocycles. The Balaban J connectivity index is 2.59. The first kappa shape index (κ1) is 16.6. The van der Waals surface area contributed by atoms with Gasteiger partial charge in [0.1, 0.15) is 0 Å². The van der Waals surface area contributed by atoms with E-state index in [0.717, 1.165) is 12.3 Å². The Hall–Kier alpha value is -0.470. The molecule has 2 unspecified atom stereocenters. The van der Waals surface area contributed by atoms with Gasteiger partial charge < -0.3 is 5.32 Å². The van der Waals surface area contributed by atoms with Crippen LogP contribution in [0.2, 0.25) is 0 Å². The Morgan fingerprint density at radius 2 is 1.74 bits per heavy atom. The molecule has 0 heterocycles. The van der Waals surface area contributed by atoms with E-state index in [1.54, 1.807) is 0 Å². The van der Waals surface area contributed by atoms with Gasteiger partial charge in [0, 0.05) is 11.3 Å². The van der Waals surface area contributed by atoms with Crippen LogP contribution in [0.4, 0.5) is 0 Å². The zero-order chi connectivity index (χ0) is 14.3. The third kappa shape index (κ3) is 5.58. The summed E-state index contributed by atoms with van der Waals surface area (Å²) in [4.78, 5) is 0. The highest BCUT2D eigenvalue weighted by Crippen LogP contribution is 2.27. The Morgan fingerprint density at radius 1 is 1.11 bits per heavy atom. The third-order valence-corrected chi connectivity index (χ3v) is 4.87. The molecule has 0 aliphatic heterocycles. The van der Waals surface area contributed by atoms with Crippen LogP contribution in [0, 0.1) is 5.92 Å². The van der Waals surface area contributed by atoms with E-state index in [2.05, 4.69) is 76.1 Å². The van der Waals surface area contributed by atoms with Crippen molar-refractivity contribution in [3.63, 3.8) is 0 Å². The van der Waals surface area contributed by atoms with Gasteiger partial charge in [0.25, 0.3) is 0 Å². The van der Waals surface area contributed by atoms with E-state index in [0.29, 0.717) is 11.3 Å². The van der Waals surface area contributed by atoms with Crippen LogP contribution in [0.1, 0.15) is 51.3 Å². The number of hydrogen-bond donors (Lipinski definition) is 1. The molecule has 1 aromatic rings. The molecule has 0 bridgehead atoms. The maximum absolute atomic E-state index is 3.47. The van der Waals surface area contributed by atoms with Gasteiger partial charge in [-0.15, -0.1) is 0 Å². The third-order valence-electron chi connectivity index (χ3n) is 3.60. The number of aryl methyl sites for hydroxylation is 1. The lowest BCUT2D eigenvalue weighted by atomic mass is 10.0. The number of nitrogens with one attached hydrogen (secondary N) is 1. The fraction of sp³-hybridized carbons (Fsp3) is 0.647. The Labute approximate surface area is 123 Å². The van der Waals surface area contributed by atoms with Crippen molar-refractivity contribution in [2.45, 2.75) is 51.8 Å². The van der Waals surface area contributed by atoms with Crippen LogP contribution in [-0.4, -0.2) is 18.1 Å². The predicted molar refractivity (Wildman–Crippen MR) is 89.0 cm³/mol. The summed E-state index contributed by atoms with van der Waals surface area (Å²) in [5, 5.41) is 4.08. The highest BCUT2D eigenvalue weighted by atomic mass is 32.2. The van der Waals surface area contributed by atoms with Crippen LogP contribution in [0.15, 0.2) is 24.3 Å².